The van der Waals surface area contributed by atoms with Gasteiger partial charge in [0.1, 0.15) is 11.6 Å². The van der Waals surface area contributed by atoms with Crippen molar-refractivity contribution in [2.45, 2.75) is 20.3 Å². The summed E-state index contributed by atoms with van der Waals surface area (Å²) in [7, 11) is 2.15. The number of pyridine rings is 1. The Kier molecular flexibility index (Phi) is 6.82. The van der Waals surface area contributed by atoms with E-state index in [1.165, 1.54) is 0 Å². The lowest BCUT2D eigenvalue weighted by atomic mass is 10.1. The molecule has 1 N–H and O–H groups in total. The summed E-state index contributed by atoms with van der Waals surface area (Å²) in [6.07, 6.45) is 0.896. The van der Waals surface area contributed by atoms with Gasteiger partial charge in [0, 0.05) is 37.3 Å². The number of hydrogen-bond acceptors (Lipinski definition) is 5. The molecule has 1 saturated heterocycles. The second kappa shape index (κ2) is 9.76. The first-order valence-electron chi connectivity index (χ1n) is 11.0. The molecule has 1 aliphatic heterocycles. The SMILES string of the molecule is CCc1ccc(OCC(=O)Nc2ccc3nc(N4CCN(C)CC4)cc(C)c3c2)c(Cl)c1. The molecule has 2 heterocycles. The molecule has 1 aliphatic rings. The fourth-order valence-electron chi connectivity index (χ4n) is 3.87. The van der Waals surface area contributed by atoms with Crippen LogP contribution in [0, 0.1) is 6.92 Å². The molecule has 2 aromatic carbocycles. The Hall–Kier alpha value is -2.83. The zero-order valence-corrected chi connectivity index (χ0v) is 19.6. The number of likely N-dealkylation sites (N-methyl/N-ethyl adjacent to an activating group) is 1. The van der Waals surface area contributed by atoms with Crippen LogP contribution in [-0.4, -0.2) is 55.6 Å². The van der Waals surface area contributed by atoms with Crippen molar-refractivity contribution in [2.24, 2.45) is 0 Å². The van der Waals surface area contributed by atoms with Gasteiger partial charge in [-0.1, -0.05) is 24.6 Å². The number of fused-ring (bicyclic) bond motifs is 1. The quantitative estimate of drug-likeness (QED) is 0.595. The Bertz CT molecular complexity index is 1130. The molecule has 6 nitrogen and oxygen atoms in total. The van der Waals surface area contributed by atoms with Gasteiger partial charge in [-0.15, -0.1) is 0 Å². The number of carbonyl (C=O) groups excluding carboxylic acids is 1. The lowest BCUT2D eigenvalue weighted by molar-refractivity contribution is -0.118. The molecule has 1 amide bonds. The maximum atomic E-state index is 12.4. The molecule has 1 aromatic heterocycles. The van der Waals surface area contributed by atoms with E-state index in [0.717, 1.165) is 66.1 Å². The second-order valence-corrected chi connectivity index (χ2v) is 8.68. The summed E-state index contributed by atoms with van der Waals surface area (Å²) < 4.78 is 5.61. The minimum atomic E-state index is -0.236. The van der Waals surface area contributed by atoms with Gasteiger partial charge in [-0.3, -0.25) is 4.79 Å². The van der Waals surface area contributed by atoms with Crippen molar-refractivity contribution in [2.75, 3.05) is 50.1 Å². The monoisotopic (exact) mass is 452 g/mol. The fraction of sp³-hybridized carbons (Fsp3) is 0.360. The molecule has 0 bridgehead atoms. The van der Waals surface area contributed by atoms with Crippen LogP contribution in [0.4, 0.5) is 11.5 Å². The third-order valence-corrected chi connectivity index (χ3v) is 6.17. The first kappa shape index (κ1) is 22.4. The Morgan fingerprint density at radius 1 is 1.12 bits per heavy atom. The predicted molar refractivity (Wildman–Crippen MR) is 131 cm³/mol. The number of halogens is 1. The highest BCUT2D eigenvalue weighted by atomic mass is 35.5. The molecule has 3 aromatic rings. The lowest BCUT2D eigenvalue weighted by Gasteiger charge is -2.33. The zero-order chi connectivity index (χ0) is 22.7. The second-order valence-electron chi connectivity index (χ2n) is 8.27. The number of aryl methyl sites for hydroxylation is 2. The van der Waals surface area contributed by atoms with E-state index in [0.29, 0.717) is 10.8 Å². The van der Waals surface area contributed by atoms with Gasteiger partial charge in [0.2, 0.25) is 0 Å². The number of nitrogens with one attached hydrogen (secondary N) is 1. The molecule has 32 heavy (non-hydrogen) atoms. The molecular formula is C25H29ClN4O2. The van der Waals surface area contributed by atoms with Crippen LogP contribution in [0.5, 0.6) is 5.75 Å². The number of ether oxygens (including phenoxy) is 1. The third-order valence-electron chi connectivity index (χ3n) is 5.88. The van der Waals surface area contributed by atoms with Crippen molar-refractivity contribution in [3.63, 3.8) is 0 Å². The highest BCUT2D eigenvalue weighted by Crippen LogP contribution is 2.27. The van der Waals surface area contributed by atoms with Crippen LogP contribution < -0.4 is 15.0 Å². The molecular weight excluding hydrogens is 424 g/mol. The van der Waals surface area contributed by atoms with Gasteiger partial charge < -0.3 is 19.9 Å². The number of anilines is 2. The molecule has 0 spiro atoms. The van der Waals surface area contributed by atoms with Crippen molar-refractivity contribution >= 4 is 39.9 Å². The van der Waals surface area contributed by atoms with Crippen molar-refractivity contribution in [3.8, 4) is 5.75 Å². The Labute approximate surface area is 194 Å². The van der Waals surface area contributed by atoms with Crippen molar-refractivity contribution in [1.82, 2.24) is 9.88 Å². The number of benzene rings is 2. The minimum Gasteiger partial charge on any atom is -0.482 e. The van der Waals surface area contributed by atoms with E-state index in [2.05, 4.69) is 42.1 Å². The Morgan fingerprint density at radius 3 is 2.62 bits per heavy atom. The normalized spacial score (nSPS) is 14.6. The summed E-state index contributed by atoms with van der Waals surface area (Å²) in [4.78, 5) is 21.9. The number of hydrogen-bond donors (Lipinski definition) is 1. The van der Waals surface area contributed by atoms with Crippen LogP contribution in [0.3, 0.4) is 0 Å². The highest BCUT2D eigenvalue weighted by molar-refractivity contribution is 6.32. The molecule has 0 radical (unpaired) electrons. The number of rotatable bonds is 6. The van der Waals surface area contributed by atoms with Crippen molar-refractivity contribution < 1.29 is 9.53 Å². The summed E-state index contributed by atoms with van der Waals surface area (Å²) in [6.45, 7) is 8.08. The summed E-state index contributed by atoms with van der Waals surface area (Å²) in [6, 6.07) is 13.6. The van der Waals surface area contributed by atoms with E-state index >= 15 is 0 Å². The van der Waals surface area contributed by atoms with Crippen LogP contribution in [0.15, 0.2) is 42.5 Å². The van der Waals surface area contributed by atoms with Gasteiger partial charge in [0.15, 0.2) is 6.61 Å². The van der Waals surface area contributed by atoms with Crippen LogP contribution in [0.25, 0.3) is 10.9 Å². The smallest absolute Gasteiger partial charge is 0.262 e. The van der Waals surface area contributed by atoms with Crippen molar-refractivity contribution in [3.05, 3.63) is 58.6 Å². The number of aromatic nitrogens is 1. The molecule has 168 valence electrons. The number of nitrogens with zero attached hydrogens (tertiary/aromatic N) is 3. The first-order valence-corrected chi connectivity index (χ1v) is 11.4. The number of amides is 1. The van der Waals surface area contributed by atoms with E-state index in [1.807, 2.05) is 30.3 Å². The average molecular weight is 453 g/mol. The van der Waals surface area contributed by atoms with Crippen LogP contribution in [0.2, 0.25) is 5.02 Å². The largest absolute Gasteiger partial charge is 0.482 e. The van der Waals surface area contributed by atoms with Gasteiger partial charge in [0.25, 0.3) is 5.91 Å². The first-order chi connectivity index (χ1) is 15.4. The van der Waals surface area contributed by atoms with Crippen LogP contribution in [0.1, 0.15) is 18.1 Å². The molecule has 0 unspecified atom stereocenters. The third kappa shape index (κ3) is 5.14. The van der Waals surface area contributed by atoms with E-state index in [4.69, 9.17) is 21.3 Å². The molecule has 4 rings (SSSR count). The van der Waals surface area contributed by atoms with E-state index in [9.17, 15) is 4.79 Å². The molecule has 0 atom stereocenters. The Morgan fingerprint density at radius 2 is 1.91 bits per heavy atom. The summed E-state index contributed by atoms with van der Waals surface area (Å²) >= 11 is 6.24. The maximum Gasteiger partial charge on any atom is 0.262 e. The van der Waals surface area contributed by atoms with Gasteiger partial charge >= 0.3 is 0 Å². The minimum absolute atomic E-state index is 0.108. The van der Waals surface area contributed by atoms with Crippen LogP contribution >= 0.6 is 11.6 Å². The topological polar surface area (TPSA) is 57.7 Å². The van der Waals surface area contributed by atoms with E-state index < -0.39 is 0 Å². The van der Waals surface area contributed by atoms with Gasteiger partial charge in [-0.05, 0) is 67.9 Å². The van der Waals surface area contributed by atoms with Gasteiger partial charge in [-0.2, -0.15) is 0 Å². The summed E-state index contributed by atoms with van der Waals surface area (Å²) in [5.41, 5.74) is 3.91. The lowest BCUT2D eigenvalue weighted by Crippen LogP contribution is -2.44. The summed E-state index contributed by atoms with van der Waals surface area (Å²) in [5, 5.41) is 4.45. The molecule has 1 fully saturated rings. The fourth-order valence-corrected chi connectivity index (χ4v) is 4.13. The van der Waals surface area contributed by atoms with Crippen LogP contribution in [-0.2, 0) is 11.2 Å². The molecule has 0 aliphatic carbocycles. The summed E-state index contributed by atoms with van der Waals surface area (Å²) in [5.74, 6) is 1.29. The number of piperazine rings is 1. The molecule has 0 saturated carbocycles. The Balaban J connectivity index is 1.42. The predicted octanol–water partition coefficient (Wildman–Crippen LogP) is 4.53. The van der Waals surface area contributed by atoms with Crippen molar-refractivity contribution in [1.29, 1.82) is 0 Å². The molecule has 7 heteroatoms. The standard InChI is InChI=1S/C25H29ClN4O2/c1-4-18-5-8-23(21(26)14-18)32-16-25(31)27-19-6-7-22-20(15-19)17(2)13-24(28-22)30-11-9-29(3)10-12-30/h5-8,13-15H,4,9-12,16H2,1-3H3,(H,27,31). The van der Waals surface area contributed by atoms with E-state index in [-0.39, 0.29) is 12.5 Å². The van der Waals surface area contributed by atoms with E-state index in [1.54, 1.807) is 6.07 Å². The van der Waals surface area contributed by atoms with Gasteiger partial charge in [-0.25, -0.2) is 4.98 Å². The average Bonchev–Trinajstić information content (AvgIpc) is 2.79. The van der Waals surface area contributed by atoms with Gasteiger partial charge in [0.05, 0.1) is 10.5 Å². The zero-order valence-electron chi connectivity index (χ0n) is 18.8. The number of carbonyl (C=O) groups is 1. The maximum absolute atomic E-state index is 12.4. The highest BCUT2D eigenvalue weighted by Gasteiger charge is 2.17.